The molecule has 0 unspecified atom stereocenters. The van der Waals surface area contributed by atoms with Gasteiger partial charge >= 0.3 is 6.03 Å². The number of nitrogens with zero attached hydrogens (tertiary/aromatic N) is 4. The van der Waals surface area contributed by atoms with Crippen molar-refractivity contribution in [2.24, 2.45) is 5.92 Å². The zero-order chi connectivity index (χ0) is 24.7. The number of benzene rings is 2. The Hall–Kier alpha value is -4.14. The molecular formula is C25H26N4O5. The molecule has 2 aromatic carbocycles. The van der Waals surface area contributed by atoms with E-state index in [1.807, 2.05) is 41.8 Å². The Morgan fingerprint density at radius 3 is 2.06 bits per heavy atom. The van der Waals surface area contributed by atoms with Crippen LogP contribution in [0.3, 0.4) is 0 Å². The number of phenolic OH excluding ortho intramolecular Hbond substituents is 1. The fraction of sp³-hybridized carbons (Fsp3) is 0.280. The van der Waals surface area contributed by atoms with E-state index >= 15 is 0 Å². The van der Waals surface area contributed by atoms with Crippen LogP contribution >= 0.6 is 0 Å². The highest BCUT2D eigenvalue weighted by molar-refractivity contribution is 6.16. The molecule has 1 N–H and O–H groups in total. The number of phenols is 1. The zero-order valence-electron chi connectivity index (χ0n) is 19.4. The Labute approximate surface area is 197 Å². The maximum Gasteiger partial charge on any atom is 0.332 e. The summed E-state index contributed by atoms with van der Waals surface area (Å²) in [4.78, 5) is 40.8. The summed E-state index contributed by atoms with van der Waals surface area (Å²) in [7, 11) is 2.64. The van der Waals surface area contributed by atoms with Crippen molar-refractivity contribution in [2.45, 2.75) is 26.3 Å². The lowest BCUT2D eigenvalue weighted by Gasteiger charge is -2.36. The van der Waals surface area contributed by atoms with Gasteiger partial charge < -0.3 is 10.3 Å². The highest BCUT2D eigenvalue weighted by Crippen LogP contribution is 2.37. The van der Waals surface area contributed by atoms with Gasteiger partial charge in [0.1, 0.15) is 35.5 Å². The van der Waals surface area contributed by atoms with Crippen LogP contribution in [-0.4, -0.2) is 51.4 Å². The molecule has 0 spiro atoms. The first kappa shape index (κ1) is 23.0. The molecule has 3 aromatic rings. The monoisotopic (exact) mass is 462 g/mol. The van der Waals surface area contributed by atoms with Crippen LogP contribution in [0.4, 0.5) is 4.79 Å². The van der Waals surface area contributed by atoms with Gasteiger partial charge in [0, 0.05) is 27.9 Å². The molecular weight excluding hydrogens is 436 g/mol. The average molecular weight is 463 g/mol. The highest BCUT2D eigenvalue weighted by Gasteiger charge is 2.51. The minimum atomic E-state index is -1.33. The predicted octanol–water partition coefficient (Wildman–Crippen LogP) is 2.29. The van der Waals surface area contributed by atoms with Crippen LogP contribution in [0.15, 0.2) is 54.6 Å². The van der Waals surface area contributed by atoms with Crippen LogP contribution < -0.4 is 4.73 Å². The summed E-state index contributed by atoms with van der Waals surface area (Å²) in [6.45, 7) is 3.86. The first-order valence-electron chi connectivity index (χ1n) is 10.8. The molecule has 1 aliphatic heterocycles. The first-order valence-corrected chi connectivity index (χ1v) is 10.8. The second kappa shape index (κ2) is 8.66. The molecule has 176 valence electrons. The fourth-order valence-electron chi connectivity index (χ4n) is 4.45. The van der Waals surface area contributed by atoms with E-state index in [-0.39, 0.29) is 11.6 Å². The third-order valence-corrected chi connectivity index (χ3v) is 6.53. The molecule has 0 saturated carbocycles. The summed E-state index contributed by atoms with van der Waals surface area (Å²) in [5.41, 5.74) is 2.59. The second-order valence-corrected chi connectivity index (χ2v) is 8.52. The van der Waals surface area contributed by atoms with Crippen LogP contribution in [0.1, 0.15) is 34.3 Å². The van der Waals surface area contributed by atoms with Crippen molar-refractivity contribution in [3.05, 3.63) is 88.1 Å². The molecule has 0 bridgehead atoms. The topological polar surface area (TPSA) is 110 Å². The van der Waals surface area contributed by atoms with Crippen molar-refractivity contribution in [1.29, 1.82) is 0 Å². The highest BCUT2D eigenvalue weighted by atomic mass is 16.5. The van der Waals surface area contributed by atoms with Crippen LogP contribution in [0.2, 0.25) is 0 Å². The van der Waals surface area contributed by atoms with Crippen molar-refractivity contribution >= 4 is 17.8 Å². The zero-order valence-corrected chi connectivity index (χ0v) is 19.4. The van der Waals surface area contributed by atoms with E-state index in [0.29, 0.717) is 23.5 Å². The lowest BCUT2D eigenvalue weighted by atomic mass is 9.82. The van der Waals surface area contributed by atoms with E-state index < -0.39 is 29.7 Å². The Bertz CT molecular complexity index is 1240. The molecule has 9 nitrogen and oxygen atoms in total. The smallest absolute Gasteiger partial charge is 0.332 e. The number of carbonyl (C=O) groups excluding carboxylic acids is 3. The maximum absolute atomic E-state index is 13.5. The van der Waals surface area contributed by atoms with Crippen molar-refractivity contribution in [3.8, 4) is 5.75 Å². The maximum atomic E-state index is 13.5. The molecule has 1 fully saturated rings. The van der Waals surface area contributed by atoms with Crippen molar-refractivity contribution in [3.63, 3.8) is 0 Å². The van der Waals surface area contributed by atoms with Crippen molar-refractivity contribution in [1.82, 2.24) is 14.4 Å². The normalized spacial score (nSPS) is 15.8. The minimum Gasteiger partial charge on any atom is -0.711 e. The summed E-state index contributed by atoms with van der Waals surface area (Å²) in [6.07, 6.45) is 0. The Morgan fingerprint density at radius 2 is 1.50 bits per heavy atom. The molecule has 2 heterocycles. The number of amides is 4. The summed E-state index contributed by atoms with van der Waals surface area (Å²) in [6, 6.07) is 14.9. The summed E-state index contributed by atoms with van der Waals surface area (Å²) >= 11 is 0. The van der Waals surface area contributed by atoms with Gasteiger partial charge in [-0.2, -0.15) is 0 Å². The Kier molecular flexibility index (Phi) is 5.87. The van der Waals surface area contributed by atoms with Gasteiger partial charge in [0.25, 0.3) is 5.82 Å². The number of rotatable bonds is 5. The number of barbiturate groups is 1. The van der Waals surface area contributed by atoms with Crippen molar-refractivity contribution in [2.75, 3.05) is 14.1 Å². The summed E-state index contributed by atoms with van der Waals surface area (Å²) < 4.78 is 2.57. The molecule has 1 atom stereocenters. The third-order valence-electron chi connectivity index (χ3n) is 6.53. The molecule has 9 heteroatoms. The van der Waals surface area contributed by atoms with E-state index in [0.717, 1.165) is 20.1 Å². The van der Waals surface area contributed by atoms with Crippen molar-refractivity contribution < 1.29 is 24.2 Å². The summed E-state index contributed by atoms with van der Waals surface area (Å²) in [5.74, 6) is -3.47. The van der Waals surface area contributed by atoms with Crippen LogP contribution in [-0.2, 0) is 16.1 Å². The van der Waals surface area contributed by atoms with Crippen LogP contribution in [0.25, 0.3) is 0 Å². The summed E-state index contributed by atoms with van der Waals surface area (Å²) in [5, 5.41) is 23.3. The average Bonchev–Trinajstić information content (AvgIpc) is 3.04. The molecule has 1 aliphatic rings. The van der Waals surface area contributed by atoms with E-state index in [1.165, 1.54) is 26.2 Å². The third kappa shape index (κ3) is 3.68. The Balaban J connectivity index is 1.96. The van der Waals surface area contributed by atoms with Crippen LogP contribution in [0, 0.1) is 25.0 Å². The van der Waals surface area contributed by atoms with Gasteiger partial charge in [-0.15, -0.1) is 0 Å². The predicted molar refractivity (Wildman–Crippen MR) is 123 cm³/mol. The number of hydrogen-bond donors (Lipinski definition) is 1. The second-order valence-electron chi connectivity index (χ2n) is 8.52. The number of imide groups is 2. The molecule has 0 radical (unpaired) electrons. The number of carbonyl (C=O) groups is 3. The van der Waals surface area contributed by atoms with Gasteiger partial charge in [0.2, 0.25) is 11.8 Å². The molecule has 1 saturated heterocycles. The van der Waals surface area contributed by atoms with Gasteiger partial charge in [-0.3, -0.25) is 19.4 Å². The number of aromatic hydroxyl groups is 1. The van der Waals surface area contributed by atoms with E-state index in [9.17, 15) is 24.7 Å². The van der Waals surface area contributed by atoms with Crippen LogP contribution in [0.5, 0.6) is 5.75 Å². The van der Waals surface area contributed by atoms with Gasteiger partial charge in [-0.1, -0.05) is 42.5 Å². The molecule has 0 aliphatic carbocycles. The Morgan fingerprint density at radius 1 is 0.941 bits per heavy atom. The lowest BCUT2D eigenvalue weighted by Crippen LogP contribution is -2.59. The first-order chi connectivity index (χ1) is 16.1. The number of hydrogen-bond acceptors (Lipinski definition) is 5. The SMILES string of the molecule is Cc1c(C)[n+]([O-])c([C@H](c2ccc(O)cc2)C2C(=O)N(C)C(=O)N(C)C2=O)n1Cc1ccccc1. The lowest BCUT2D eigenvalue weighted by molar-refractivity contribution is -0.621. The van der Waals surface area contributed by atoms with E-state index in [4.69, 9.17) is 0 Å². The van der Waals surface area contributed by atoms with Gasteiger partial charge in [-0.25, -0.2) is 14.1 Å². The number of imidazole rings is 1. The number of aromatic nitrogens is 2. The number of urea groups is 1. The molecule has 4 rings (SSSR count). The van der Waals surface area contributed by atoms with E-state index in [1.54, 1.807) is 19.1 Å². The van der Waals surface area contributed by atoms with Gasteiger partial charge in [0.05, 0.1) is 0 Å². The standard InChI is InChI=1S/C25H26N4O5/c1-15-16(2)29(34)22(28(15)14-17-8-6-5-7-9-17)20(18-10-12-19(30)13-11-18)21-23(31)26(3)25(33)27(4)24(21)32/h5-13,20-21,30H,14H2,1-4H3/t20-/m1/s1. The minimum absolute atomic E-state index is 0.00948. The van der Waals surface area contributed by atoms with E-state index in [2.05, 4.69) is 0 Å². The molecule has 1 aromatic heterocycles. The molecule has 4 amide bonds. The quantitative estimate of drug-likeness (QED) is 0.355. The van der Waals surface area contributed by atoms with Gasteiger partial charge in [-0.05, 0) is 23.3 Å². The fourth-order valence-corrected chi connectivity index (χ4v) is 4.45. The molecule has 34 heavy (non-hydrogen) atoms. The largest absolute Gasteiger partial charge is 0.711 e. The van der Waals surface area contributed by atoms with Gasteiger partial charge in [0.15, 0.2) is 0 Å².